The lowest BCUT2D eigenvalue weighted by Gasteiger charge is -2.62. The zero-order valence-corrected chi connectivity index (χ0v) is 19.6. The first-order valence-electron chi connectivity index (χ1n) is 12.2. The summed E-state index contributed by atoms with van der Waals surface area (Å²) < 4.78 is 29.3. The van der Waals surface area contributed by atoms with Gasteiger partial charge in [-0.3, -0.25) is 9.59 Å². The van der Waals surface area contributed by atoms with Crippen LogP contribution in [0.4, 0.5) is 0 Å². The Morgan fingerprint density at radius 3 is 2.70 bits per heavy atom. The van der Waals surface area contributed by atoms with Crippen LogP contribution in [0.1, 0.15) is 52.4 Å². The lowest BCUT2D eigenvalue weighted by atomic mass is 9.43. The molecule has 4 aliphatic carbocycles. The summed E-state index contributed by atoms with van der Waals surface area (Å²) in [5.74, 6) is -1.35. The summed E-state index contributed by atoms with van der Waals surface area (Å²) in [5.41, 5.74) is -0.663. The van der Waals surface area contributed by atoms with Crippen LogP contribution in [-0.4, -0.2) is 61.7 Å². The van der Waals surface area contributed by atoms with E-state index >= 15 is 0 Å². The highest BCUT2D eigenvalue weighted by Gasteiger charge is 2.77. The minimum Gasteiger partial charge on any atom is -0.469 e. The first kappa shape index (κ1) is 22.2. The van der Waals surface area contributed by atoms with Gasteiger partial charge in [-0.05, 0) is 66.9 Å². The van der Waals surface area contributed by atoms with Crippen molar-refractivity contribution in [3.63, 3.8) is 0 Å². The average molecular weight is 463 g/mol. The van der Waals surface area contributed by atoms with Gasteiger partial charge in [0, 0.05) is 11.8 Å². The van der Waals surface area contributed by atoms with Crippen molar-refractivity contribution in [1.82, 2.24) is 0 Å². The molecule has 8 heteroatoms. The topological polar surface area (TPSA) is 101 Å². The highest BCUT2D eigenvalue weighted by atomic mass is 16.9. The van der Waals surface area contributed by atoms with Gasteiger partial charge in [-0.25, -0.2) is 0 Å². The maximum absolute atomic E-state index is 12.9. The fraction of sp³-hybridized carbons (Fsp3) is 0.840. The van der Waals surface area contributed by atoms with Gasteiger partial charge in [0.1, 0.15) is 12.2 Å². The molecule has 8 nitrogen and oxygen atoms in total. The van der Waals surface area contributed by atoms with E-state index in [9.17, 15) is 14.7 Å². The molecule has 9 atom stereocenters. The Balaban J connectivity index is 1.44. The van der Waals surface area contributed by atoms with Crippen molar-refractivity contribution in [3.8, 4) is 0 Å². The number of carbonyl (C=O) groups excluding carboxylic acids is 2. The average Bonchev–Trinajstić information content (AvgIpc) is 3.48. The largest absolute Gasteiger partial charge is 0.469 e. The van der Waals surface area contributed by atoms with Gasteiger partial charge in [0.2, 0.25) is 5.79 Å². The van der Waals surface area contributed by atoms with E-state index in [4.69, 9.17) is 23.7 Å². The zero-order valence-electron chi connectivity index (χ0n) is 19.6. The molecule has 0 bridgehead atoms. The molecular formula is C25H34O8. The smallest absolute Gasteiger partial charge is 0.312 e. The molecule has 3 saturated carbocycles. The van der Waals surface area contributed by atoms with Crippen LogP contribution in [0, 0.1) is 34.5 Å². The second kappa shape index (κ2) is 7.10. The molecule has 2 aliphatic heterocycles. The number of ether oxygens (including phenoxy) is 5. The Hall–Kier alpha value is -1.32. The molecule has 2 spiro atoms. The van der Waals surface area contributed by atoms with Crippen LogP contribution >= 0.6 is 0 Å². The Kier molecular flexibility index (Phi) is 4.77. The molecule has 5 fully saturated rings. The minimum absolute atomic E-state index is 0.0231. The minimum atomic E-state index is -0.953. The highest BCUT2D eigenvalue weighted by molar-refractivity contribution is 5.93. The van der Waals surface area contributed by atoms with Crippen LogP contribution in [-0.2, 0) is 33.3 Å². The SMILES string of the molecule is COC(=O)[C@H]1C[C@@H]2[C@H]([C@@H](O)C[C@@]3(C)[C@H]2CC[C@@]32OCOC23COCO3)[C@@]2(C)CCC(=O)C=C12. The molecule has 6 aliphatic rings. The van der Waals surface area contributed by atoms with E-state index < -0.39 is 34.2 Å². The molecule has 1 N–H and O–H groups in total. The van der Waals surface area contributed by atoms with Crippen molar-refractivity contribution in [2.45, 2.75) is 69.9 Å². The fourth-order valence-corrected chi connectivity index (χ4v) is 9.12. The number of hydrogen-bond donors (Lipinski definition) is 1. The van der Waals surface area contributed by atoms with Crippen LogP contribution in [0.3, 0.4) is 0 Å². The zero-order chi connectivity index (χ0) is 23.2. The van der Waals surface area contributed by atoms with Crippen LogP contribution in [0.2, 0.25) is 0 Å². The monoisotopic (exact) mass is 462 g/mol. The number of ketones is 1. The summed E-state index contributed by atoms with van der Waals surface area (Å²) in [6.45, 7) is 4.97. The number of aliphatic hydroxyl groups excluding tert-OH is 1. The third-order valence-corrected chi connectivity index (χ3v) is 10.4. The van der Waals surface area contributed by atoms with E-state index in [0.717, 1.165) is 18.4 Å². The third-order valence-electron chi connectivity index (χ3n) is 10.4. The molecule has 2 heterocycles. The molecule has 0 aromatic rings. The molecule has 0 aromatic carbocycles. The summed E-state index contributed by atoms with van der Waals surface area (Å²) >= 11 is 0. The van der Waals surface area contributed by atoms with Crippen LogP contribution in [0.25, 0.3) is 0 Å². The van der Waals surface area contributed by atoms with E-state index in [-0.39, 0.29) is 43.1 Å². The summed E-state index contributed by atoms with van der Waals surface area (Å²) in [4.78, 5) is 25.3. The van der Waals surface area contributed by atoms with E-state index in [1.54, 1.807) is 6.08 Å². The lowest BCUT2D eigenvalue weighted by molar-refractivity contribution is -0.258. The van der Waals surface area contributed by atoms with Crippen molar-refractivity contribution >= 4 is 11.8 Å². The number of methoxy groups -OCH3 is 1. The van der Waals surface area contributed by atoms with Gasteiger partial charge >= 0.3 is 5.97 Å². The number of carbonyl (C=O) groups is 2. The molecule has 2 saturated heterocycles. The van der Waals surface area contributed by atoms with E-state index in [0.29, 0.717) is 32.3 Å². The normalized spacial score (nSPS) is 53.0. The number of aliphatic hydroxyl groups is 1. The Morgan fingerprint density at radius 2 is 1.97 bits per heavy atom. The van der Waals surface area contributed by atoms with Gasteiger partial charge in [0.05, 0.1) is 19.1 Å². The number of fused-ring (bicyclic) bond motifs is 7. The van der Waals surface area contributed by atoms with Crippen molar-refractivity contribution in [3.05, 3.63) is 11.6 Å². The second-order valence-electron chi connectivity index (χ2n) is 11.4. The van der Waals surface area contributed by atoms with E-state index in [1.165, 1.54) is 7.11 Å². The molecule has 182 valence electrons. The molecule has 33 heavy (non-hydrogen) atoms. The van der Waals surface area contributed by atoms with Crippen molar-refractivity contribution in [2.24, 2.45) is 34.5 Å². The van der Waals surface area contributed by atoms with Crippen LogP contribution in [0.15, 0.2) is 11.6 Å². The predicted octanol–water partition coefficient (Wildman–Crippen LogP) is 2.33. The van der Waals surface area contributed by atoms with Crippen LogP contribution in [0.5, 0.6) is 0 Å². The van der Waals surface area contributed by atoms with Gasteiger partial charge in [0.25, 0.3) is 0 Å². The maximum Gasteiger partial charge on any atom is 0.312 e. The molecular weight excluding hydrogens is 428 g/mol. The van der Waals surface area contributed by atoms with Crippen molar-refractivity contribution in [2.75, 3.05) is 27.3 Å². The number of rotatable bonds is 1. The third kappa shape index (κ3) is 2.59. The van der Waals surface area contributed by atoms with Gasteiger partial charge in [-0.2, -0.15) is 0 Å². The van der Waals surface area contributed by atoms with Gasteiger partial charge in [-0.15, -0.1) is 0 Å². The number of hydrogen-bond acceptors (Lipinski definition) is 8. The molecule has 1 unspecified atom stereocenters. The number of esters is 1. The Bertz CT molecular complexity index is 903. The maximum atomic E-state index is 12.9. The Labute approximate surface area is 193 Å². The summed E-state index contributed by atoms with van der Waals surface area (Å²) in [5, 5.41) is 11.7. The molecule has 0 amide bonds. The van der Waals surface area contributed by atoms with Gasteiger partial charge < -0.3 is 28.8 Å². The lowest BCUT2D eigenvalue weighted by Crippen LogP contribution is -2.66. The first-order chi connectivity index (χ1) is 15.7. The quantitative estimate of drug-likeness (QED) is 0.593. The van der Waals surface area contributed by atoms with E-state index in [2.05, 4.69) is 13.8 Å². The first-order valence-corrected chi connectivity index (χ1v) is 12.2. The van der Waals surface area contributed by atoms with Gasteiger partial charge in [0.15, 0.2) is 19.4 Å². The second-order valence-corrected chi connectivity index (χ2v) is 11.4. The van der Waals surface area contributed by atoms with Crippen LogP contribution < -0.4 is 0 Å². The summed E-state index contributed by atoms with van der Waals surface area (Å²) in [6.07, 6.45) is 4.98. The highest BCUT2D eigenvalue weighted by Crippen LogP contribution is 2.72. The summed E-state index contributed by atoms with van der Waals surface area (Å²) in [7, 11) is 1.41. The molecule has 6 rings (SSSR count). The Morgan fingerprint density at radius 1 is 1.18 bits per heavy atom. The standard InChI is InChI=1S/C25H34O8/c1-22-6-4-14(26)8-18(22)16(21(28)29-3)9-15-17-5-7-24(23(17,2)10-19(27)20(15)22)25(33-13-31-24)11-30-12-32-25/h8,15-17,19-20,27H,4-7,9-13H2,1-3H3/t15-,16-,17-,19-,20+,22-,23-,24+,25?/m0/s1. The fourth-order valence-electron chi connectivity index (χ4n) is 9.12. The van der Waals surface area contributed by atoms with E-state index in [1.807, 2.05) is 0 Å². The molecule has 0 aromatic heterocycles. The van der Waals surface area contributed by atoms with Gasteiger partial charge in [-0.1, -0.05) is 13.8 Å². The predicted molar refractivity (Wildman–Crippen MR) is 113 cm³/mol. The molecule has 0 radical (unpaired) electrons. The van der Waals surface area contributed by atoms with Crippen molar-refractivity contribution < 1.29 is 38.4 Å². The van der Waals surface area contributed by atoms with Crippen molar-refractivity contribution in [1.29, 1.82) is 0 Å². The summed E-state index contributed by atoms with van der Waals surface area (Å²) in [6, 6.07) is 0.